The van der Waals surface area contributed by atoms with E-state index in [1.165, 1.54) is 0 Å². The summed E-state index contributed by atoms with van der Waals surface area (Å²) in [6.07, 6.45) is 0. The van der Waals surface area contributed by atoms with Gasteiger partial charge in [-0.25, -0.2) is 8.78 Å². The molecule has 0 saturated heterocycles. The number of aryl methyl sites for hydroxylation is 1. The van der Waals surface area contributed by atoms with Crippen LogP contribution in [0.5, 0.6) is 11.5 Å². The van der Waals surface area contributed by atoms with E-state index in [0.29, 0.717) is 18.0 Å². The lowest BCUT2D eigenvalue weighted by Crippen LogP contribution is -3.12. The van der Waals surface area contributed by atoms with Crippen LogP contribution in [0.15, 0.2) is 30.3 Å². The lowest BCUT2D eigenvalue weighted by molar-refractivity contribution is -0.907. The van der Waals surface area contributed by atoms with Crippen LogP contribution < -0.4 is 19.7 Å². The lowest BCUT2D eigenvalue weighted by Gasteiger charge is -2.22. The van der Waals surface area contributed by atoms with Crippen molar-refractivity contribution in [2.45, 2.75) is 26.4 Å². The van der Waals surface area contributed by atoms with Crippen molar-refractivity contribution in [2.24, 2.45) is 0 Å². The number of quaternary nitrogens is 1. The van der Waals surface area contributed by atoms with Crippen molar-refractivity contribution in [2.75, 3.05) is 26.6 Å². The minimum Gasteiger partial charge on any atom is -0.493 e. The van der Waals surface area contributed by atoms with E-state index in [9.17, 15) is 13.6 Å². The largest absolute Gasteiger partial charge is 0.493 e. The van der Waals surface area contributed by atoms with Crippen molar-refractivity contribution in [1.29, 1.82) is 0 Å². The molecular formula is C20H25F2N2O3+. The molecule has 5 nitrogen and oxygen atoms in total. The van der Waals surface area contributed by atoms with E-state index in [0.717, 1.165) is 34.2 Å². The first-order chi connectivity index (χ1) is 12.8. The molecule has 0 heterocycles. The first-order valence-electron chi connectivity index (χ1n) is 8.56. The maximum Gasteiger partial charge on any atom is 0.282 e. The summed E-state index contributed by atoms with van der Waals surface area (Å²) in [6, 6.07) is 6.24. The van der Waals surface area contributed by atoms with Crippen molar-refractivity contribution >= 4 is 11.6 Å². The van der Waals surface area contributed by atoms with Crippen LogP contribution in [-0.2, 0) is 11.3 Å². The summed E-state index contributed by atoms with van der Waals surface area (Å²) in [5.74, 6) is -0.421. The number of hydrogen-bond donors (Lipinski definition) is 2. The Bertz CT molecular complexity index is 827. The minimum absolute atomic E-state index is 0.165. The Hall–Kier alpha value is -2.67. The molecule has 0 aliphatic carbocycles. The molecule has 0 radical (unpaired) electrons. The maximum absolute atomic E-state index is 13.7. The van der Waals surface area contributed by atoms with Crippen LogP contribution >= 0.6 is 0 Å². The van der Waals surface area contributed by atoms with E-state index in [2.05, 4.69) is 5.32 Å². The van der Waals surface area contributed by atoms with Gasteiger partial charge in [-0.15, -0.1) is 0 Å². The number of carbonyl (C=O) groups excluding carboxylic acids is 1. The van der Waals surface area contributed by atoms with E-state index in [1.807, 2.05) is 26.1 Å². The van der Waals surface area contributed by atoms with Gasteiger partial charge in [0.2, 0.25) is 0 Å². The third-order valence-electron chi connectivity index (χ3n) is 4.63. The van der Waals surface area contributed by atoms with Gasteiger partial charge in [0.1, 0.15) is 18.2 Å². The van der Waals surface area contributed by atoms with Crippen LogP contribution in [0.4, 0.5) is 14.5 Å². The van der Waals surface area contributed by atoms with Gasteiger partial charge in [-0.05, 0) is 43.7 Å². The summed E-state index contributed by atoms with van der Waals surface area (Å²) in [7, 11) is 5.01. The molecule has 0 bridgehead atoms. The smallest absolute Gasteiger partial charge is 0.282 e. The van der Waals surface area contributed by atoms with Gasteiger partial charge in [-0.3, -0.25) is 4.79 Å². The second-order valence-corrected chi connectivity index (χ2v) is 6.49. The maximum atomic E-state index is 13.7. The fraction of sp³-hybridized carbons (Fsp3) is 0.350. The number of nitrogens with one attached hydrogen (secondary N) is 2. The van der Waals surface area contributed by atoms with E-state index >= 15 is 0 Å². The Morgan fingerprint density at radius 1 is 1.15 bits per heavy atom. The van der Waals surface area contributed by atoms with Crippen LogP contribution in [0.3, 0.4) is 0 Å². The highest BCUT2D eigenvalue weighted by Gasteiger charge is 2.24. The van der Waals surface area contributed by atoms with Crippen molar-refractivity contribution in [3.8, 4) is 11.5 Å². The van der Waals surface area contributed by atoms with Gasteiger partial charge in [-0.1, -0.05) is 0 Å². The number of amides is 1. The van der Waals surface area contributed by atoms with Crippen molar-refractivity contribution in [1.82, 2.24) is 0 Å². The van der Waals surface area contributed by atoms with Gasteiger partial charge < -0.3 is 19.7 Å². The first kappa shape index (κ1) is 20.6. The molecule has 0 saturated carbocycles. The molecule has 2 aromatic carbocycles. The van der Waals surface area contributed by atoms with E-state index < -0.39 is 23.6 Å². The van der Waals surface area contributed by atoms with Gasteiger partial charge in [0.15, 0.2) is 17.5 Å². The van der Waals surface area contributed by atoms with Crippen molar-refractivity contribution < 1.29 is 27.9 Å². The number of carbonyl (C=O) groups is 1. The molecule has 7 heteroatoms. The Balaban J connectivity index is 2.12. The highest BCUT2D eigenvalue weighted by atomic mass is 19.1. The second kappa shape index (κ2) is 8.81. The molecule has 0 fully saturated rings. The molecule has 2 aromatic rings. The fourth-order valence-corrected chi connectivity index (χ4v) is 2.72. The molecule has 2 N–H and O–H groups in total. The highest BCUT2D eigenvalue weighted by Crippen LogP contribution is 2.29. The number of ether oxygens (including phenoxy) is 2. The van der Waals surface area contributed by atoms with Gasteiger partial charge in [0.25, 0.3) is 5.91 Å². The molecular weight excluding hydrogens is 354 g/mol. The number of anilines is 1. The Kier molecular flexibility index (Phi) is 6.74. The Morgan fingerprint density at radius 2 is 1.78 bits per heavy atom. The molecule has 1 unspecified atom stereocenters. The molecule has 0 aromatic heterocycles. The summed E-state index contributed by atoms with van der Waals surface area (Å²) >= 11 is 0. The summed E-state index contributed by atoms with van der Waals surface area (Å²) in [5, 5.41) is 2.45. The summed E-state index contributed by atoms with van der Waals surface area (Å²) in [6.45, 7) is 4.24. The van der Waals surface area contributed by atoms with Gasteiger partial charge in [0, 0.05) is 11.6 Å². The average molecular weight is 379 g/mol. The molecule has 2 atom stereocenters. The summed E-state index contributed by atoms with van der Waals surface area (Å²) < 4.78 is 37.6. The van der Waals surface area contributed by atoms with E-state index in [1.54, 1.807) is 21.1 Å². The van der Waals surface area contributed by atoms with Crippen LogP contribution in [0.1, 0.15) is 18.1 Å². The molecule has 0 aliphatic heterocycles. The zero-order valence-corrected chi connectivity index (χ0v) is 16.2. The SMILES string of the molecule is COc1cc(C)c(C[NH+](C)[C@@H](C)C(=O)Nc2cc(F)ccc2F)cc1OC. The Labute approximate surface area is 157 Å². The second-order valence-electron chi connectivity index (χ2n) is 6.49. The quantitative estimate of drug-likeness (QED) is 0.777. The van der Waals surface area contributed by atoms with Gasteiger partial charge >= 0.3 is 0 Å². The van der Waals surface area contributed by atoms with Gasteiger partial charge in [0.05, 0.1) is 27.0 Å². The summed E-state index contributed by atoms with van der Waals surface area (Å²) in [4.78, 5) is 13.3. The molecule has 1 amide bonds. The number of benzene rings is 2. The highest BCUT2D eigenvalue weighted by molar-refractivity contribution is 5.93. The third kappa shape index (κ3) is 4.95. The molecule has 0 spiro atoms. The zero-order valence-electron chi connectivity index (χ0n) is 16.2. The normalized spacial score (nSPS) is 13.0. The zero-order chi connectivity index (χ0) is 20.1. The lowest BCUT2D eigenvalue weighted by atomic mass is 10.1. The molecule has 2 rings (SSSR count). The third-order valence-corrected chi connectivity index (χ3v) is 4.63. The molecule has 0 aliphatic rings. The predicted octanol–water partition coefficient (Wildman–Crippen LogP) is 2.33. The standard InChI is InChI=1S/C20H24F2N2O3/c1-12-8-18(26-4)19(27-5)9-14(12)11-24(3)13(2)20(25)23-17-10-15(21)6-7-16(17)22/h6-10,13H,11H2,1-5H3,(H,23,25)/p+1/t13-/m0/s1. The average Bonchev–Trinajstić information content (AvgIpc) is 2.65. The molecule has 146 valence electrons. The monoisotopic (exact) mass is 379 g/mol. The number of halogens is 2. The van der Waals surface area contributed by atoms with Crippen molar-refractivity contribution in [3.63, 3.8) is 0 Å². The topological polar surface area (TPSA) is 52.0 Å². The predicted molar refractivity (Wildman–Crippen MR) is 99.3 cm³/mol. The van der Waals surface area contributed by atoms with Gasteiger partial charge in [-0.2, -0.15) is 0 Å². The first-order valence-corrected chi connectivity index (χ1v) is 8.56. The Morgan fingerprint density at radius 3 is 2.41 bits per heavy atom. The fourth-order valence-electron chi connectivity index (χ4n) is 2.72. The van der Waals surface area contributed by atoms with E-state index in [-0.39, 0.29) is 5.69 Å². The molecule has 27 heavy (non-hydrogen) atoms. The number of likely N-dealkylation sites (N-methyl/N-ethyl adjacent to an activating group) is 1. The number of rotatable bonds is 7. The number of methoxy groups -OCH3 is 2. The van der Waals surface area contributed by atoms with Crippen molar-refractivity contribution in [3.05, 3.63) is 53.1 Å². The van der Waals surface area contributed by atoms with E-state index in [4.69, 9.17) is 9.47 Å². The van der Waals surface area contributed by atoms with Crippen LogP contribution in [-0.4, -0.2) is 33.2 Å². The summed E-state index contributed by atoms with van der Waals surface area (Å²) in [5.41, 5.74) is 1.85. The van der Waals surface area contributed by atoms with Crippen LogP contribution in [0, 0.1) is 18.6 Å². The van der Waals surface area contributed by atoms with Crippen LogP contribution in [0.25, 0.3) is 0 Å². The number of hydrogen-bond acceptors (Lipinski definition) is 3. The van der Waals surface area contributed by atoms with Crippen LogP contribution in [0.2, 0.25) is 0 Å². The minimum atomic E-state index is -0.676.